The summed E-state index contributed by atoms with van der Waals surface area (Å²) >= 11 is 0. The van der Waals surface area contributed by atoms with Crippen molar-refractivity contribution in [3.8, 4) is 0 Å². The van der Waals surface area contributed by atoms with Crippen molar-refractivity contribution >= 4 is 12.0 Å². The van der Waals surface area contributed by atoms with Crippen LogP contribution in [-0.4, -0.2) is 64.6 Å². The first kappa shape index (κ1) is 14.7. The Morgan fingerprint density at radius 2 is 2.00 bits per heavy atom. The standard InChI is InChI=1S/C9H18N2O5/c1-2-3-11(4-5-12)9(16)10-6-7(13)8(14)15/h7,12-13H,2-6H2,1H3,(H,10,16)(H,14,15). The Bertz CT molecular complexity index is 228. The molecule has 2 amide bonds. The summed E-state index contributed by atoms with van der Waals surface area (Å²) < 4.78 is 0. The molecule has 0 fully saturated rings. The molecule has 0 aromatic heterocycles. The smallest absolute Gasteiger partial charge is 0.334 e. The summed E-state index contributed by atoms with van der Waals surface area (Å²) in [7, 11) is 0. The Hall–Kier alpha value is -1.34. The van der Waals surface area contributed by atoms with E-state index in [0.717, 1.165) is 6.42 Å². The van der Waals surface area contributed by atoms with Gasteiger partial charge in [-0.2, -0.15) is 0 Å². The number of carbonyl (C=O) groups is 2. The molecule has 16 heavy (non-hydrogen) atoms. The first-order chi connectivity index (χ1) is 7.52. The fraction of sp³-hybridized carbons (Fsp3) is 0.778. The maximum atomic E-state index is 11.4. The molecule has 0 rings (SSSR count). The molecule has 0 aliphatic carbocycles. The second kappa shape index (κ2) is 7.89. The topological polar surface area (TPSA) is 110 Å². The van der Waals surface area contributed by atoms with Gasteiger partial charge in [0.15, 0.2) is 6.10 Å². The number of amides is 2. The zero-order valence-corrected chi connectivity index (χ0v) is 9.22. The van der Waals surface area contributed by atoms with Crippen LogP contribution in [0, 0.1) is 0 Å². The lowest BCUT2D eigenvalue weighted by atomic mass is 10.3. The van der Waals surface area contributed by atoms with E-state index in [0.29, 0.717) is 6.54 Å². The molecule has 7 heteroatoms. The molecule has 0 heterocycles. The third-order valence-corrected chi connectivity index (χ3v) is 1.88. The zero-order chi connectivity index (χ0) is 12.6. The molecular formula is C9H18N2O5. The number of hydrogen-bond donors (Lipinski definition) is 4. The van der Waals surface area contributed by atoms with Gasteiger partial charge in [-0.3, -0.25) is 0 Å². The van der Waals surface area contributed by atoms with Gasteiger partial charge in [0.2, 0.25) is 0 Å². The van der Waals surface area contributed by atoms with Gasteiger partial charge in [0.05, 0.1) is 13.2 Å². The zero-order valence-electron chi connectivity index (χ0n) is 9.22. The molecule has 0 aliphatic heterocycles. The Kier molecular flexibility index (Phi) is 7.23. The second-order valence-electron chi connectivity index (χ2n) is 3.25. The lowest BCUT2D eigenvalue weighted by molar-refractivity contribution is -0.146. The molecule has 0 saturated carbocycles. The van der Waals surface area contributed by atoms with E-state index in [1.807, 2.05) is 6.92 Å². The predicted octanol–water partition coefficient (Wildman–Crippen LogP) is -1.15. The van der Waals surface area contributed by atoms with Crippen molar-refractivity contribution in [2.45, 2.75) is 19.4 Å². The van der Waals surface area contributed by atoms with Gasteiger partial charge in [0.1, 0.15) is 0 Å². The van der Waals surface area contributed by atoms with Gasteiger partial charge in [-0.05, 0) is 6.42 Å². The number of carbonyl (C=O) groups excluding carboxylic acids is 1. The summed E-state index contributed by atoms with van der Waals surface area (Å²) in [5, 5.41) is 28.3. The number of aliphatic hydroxyl groups excluding tert-OH is 2. The van der Waals surface area contributed by atoms with Crippen LogP contribution in [0.15, 0.2) is 0 Å². The highest BCUT2D eigenvalue weighted by Gasteiger charge is 2.16. The maximum Gasteiger partial charge on any atom is 0.334 e. The van der Waals surface area contributed by atoms with Crippen molar-refractivity contribution in [2.24, 2.45) is 0 Å². The highest BCUT2D eigenvalue weighted by molar-refractivity contribution is 5.76. The minimum atomic E-state index is -1.61. The van der Waals surface area contributed by atoms with Crippen molar-refractivity contribution in [3.05, 3.63) is 0 Å². The number of hydrogen-bond acceptors (Lipinski definition) is 4. The molecule has 0 bridgehead atoms. The number of nitrogens with one attached hydrogen (secondary N) is 1. The van der Waals surface area contributed by atoms with E-state index in [2.05, 4.69) is 5.32 Å². The molecule has 0 aromatic rings. The van der Waals surface area contributed by atoms with Crippen LogP contribution in [0.3, 0.4) is 0 Å². The van der Waals surface area contributed by atoms with Crippen molar-refractivity contribution in [3.63, 3.8) is 0 Å². The van der Waals surface area contributed by atoms with Crippen LogP contribution in [0.5, 0.6) is 0 Å². The summed E-state index contributed by atoms with van der Waals surface area (Å²) in [4.78, 5) is 23.1. The molecule has 0 aliphatic rings. The van der Waals surface area contributed by atoms with Gasteiger partial charge < -0.3 is 25.5 Å². The summed E-state index contributed by atoms with van der Waals surface area (Å²) in [6.07, 6.45) is -0.879. The minimum absolute atomic E-state index is 0.158. The third kappa shape index (κ3) is 5.52. The highest BCUT2D eigenvalue weighted by Crippen LogP contribution is 1.92. The van der Waals surface area contributed by atoms with Crippen LogP contribution >= 0.6 is 0 Å². The molecule has 4 N–H and O–H groups in total. The Morgan fingerprint density at radius 1 is 1.38 bits per heavy atom. The van der Waals surface area contributed by atoms with Crippen LogP contribution in [0.1, 0.15) is 13.3 Å². The summed E-state index contributed by atoms with van der Waals surface area (Å²) in [5.41, 5.74) is 0. The largest absolute Gasteiger partial charge is 0.479 e. The van der Waals surface area contributed by atoms with Crippen LogP contribution in [-0.2, 0) is 4.79 Å². The molecule has 0 aromatic carbocycles. The summed E-state index contributed by atoms with van der Waals surface area (Å²) in [5.74, 6) is -1.38. The Morgan fingerprint density at radius 3 is 2.44 bits per heavy atom. The maximum absolute atomic E-state index is 11.4. The summed E-state index contributed by atoms with van der Waals surface area (Å²) in [6, 6.07) is -0.490. The molecule has 7 nitrogen and oxygen atoms in total. The Balaban J connectivity index is 4.04. The number of aliphatic hydroxyl groups is 2. The monoisotopic (exact) mass is 234 g/mol. The number of nitrogens with zero attached hydrogens (tertiary/aromatic N) is 1. The van der Waals surface area contributed by atoms with Crippen molar-refractivity contribution in [1.29, 1.82) is 0 Å². The SMILES string of the molecule is CCCN(CCO)C(=O)NCC(O)C(=O)O. The fourth-order valence-corrected chi connectivity index (χ4v) is 1.09. The fourth-order valence-electron chi connectivity index (χ4n) is 1.09. The number of carboxylic acids is 1. The van der Waals surface area contributed by atoms with Crippen LogP contribution in [0.4, 0.5) is 4.79 Å². The molecule has 94 valence electrons. The van der Waals surface area contributed by atoms with Crippen LogP contribution < -0.4 is 5.32 Å². The van der Waals surface area contributed by atoms with Crippen molar-refractivity contribution < 1.29 is 24.9 Å². The molecule has 0 radical (unpaired) electrons. The van der Waals surface area contributed by atoms with Crippen LogP contribution in [0.25, 0.3) is 0 Å². The van der Waals surface area contributed by atoms with Gasteiger partial charge in [-0.1, -0.05) is 6.92 Å². The van der Waals surface area contributed by atoms with E-state index in [4.69, 9.17) is 15.3 Å². The molecular weight excluding hydrogens is 216 g/mol. The molecule has 0 saturated heterocycles. The highest BCUT2D eigenvalue weighted by atomic mass is 16.4. The van der Waals surface area contributed by atoms with Gasteiger partial charge in [-0.15, -0.1) is 0 Å². The number of urea groups is 1. The lowest BCUT2D eigenvalue weighted by Crippen LogP contribution is -2.45. The summed E-state index contributed by atoms with van der Waals surface area (Å²) in [6.45, 7) is 2.02. The van der Waals surface area contributed by atoms with Gasteiger partial charge in [0.25, 0.3) is 0 Å². The first-order valence-corrected chi connectivity index (χ1v) is 5.07. The van der Waals surface area contributed by atoms with Gasteiger partial charge >= 0.3 is 12.0 Å². The number of carboxylic acid groups (broad SMARTS) is 1. The quantitative estimate of drug-likeness (QED) is 0.444. The Labute approximate surface area is 93.7 Å². The van der Waals surface area contributed by atoms with E-state index in [9.17, 15) is 9.59 Å². The minimum Gasteiger partial charge on any atom is -0.479 e. The third-order valence-electron chi connectivity index (χ3n) is 1.88. The van der Waals surface area contributed by atoms with E-state index in [-0.39, 0.29) is 19.7 Å². The first-order valence-electron chi connectivity index (χ1n) is 5.07. The molecule has 0 spiro atoms. The lowest BCUT2D eigenvalue weighted by Gasteiger charge is -2.21. The van der Waals surface area contributed by atoms with E-state index in [1.54, 1.807) is 0 Å². The average Bonchev–Trinajstić information content (AvgIpc) is 2.24. The van der Waals surface area contributed by atoms with Gasteiger partial charge in [0, 0.05) is 13.1 Å². The molecule has 1 unspecified atom stereocenters. The number of aliphatic carboxylic acids is 1. The van der Waals surface area contributed by atoms with Gasteiger partial charge in [-0.25, -0.2) is 9.59 Å². The van der Waals surface area contributed by atoms with E-state index >= 15 is 0 Å². The predicted molar refractivity (Wildman–Crippen MR) is 56.0 cm³/mol. The molecule has 1 atom stereocenters. The van der Waals surface area contributed by atoms with E-state index in [1.165, 1.54) is 4.90 Å². The van der Waals surface area contributed by atoms with E-state index < -0.39 is 18.1 Å². The number of rotatable bonds is 7. The average molecular weight is 234 g/mol. The normalized spacial score (nSPS) is 11.9. The van der Waals surface area contributed by atoms with Crippen LogP contribution in [0.2, 0.25) is 0 Å². The van der Waals surface area contributed by atoms with Crippen molar-refractivity contribution in [2.75, 3.05) is 26.2 Å². The van der Waals surface area contributed by atoms with Crippen molar-refractivity contribution in [1.82, 2.24) is 10.2 Å². The second-order valence-corrected chi connectivity index (χ2v) is 3.25.